The predicted molar refractivity (Wildman–Crippen MR) is 107 cm³/mol. The molecule has 3 fully saturated rings. The molecule has 0 spiro atoms. The number of fused-ring (bicyclic) bond motifs is 2. The van der Waals surface area contributed by atoms with Gasteiger partial charge in [0.05, 0.1) is 0 Å². The Kier molecular flexibility index (Phi) is 7.92. The lowest BCUT2D eigenvalue weighted by Crippen LogP contribution is -2.49. The Hall–Kier alpha value is -1.11. The van der Waals surface area contributed by atoms with E-state index < -0.39 is 0 Å². The van der Waals surface area contributed by atoms with Gasteiger partial charge in [0.25, 0.3) is 0 Å². The molecule has 0 aromatic carbocycles. The number of aromatic nitrogens is 2. The van der Waals surface area contributed by atoms with Crippen LogP contribution < -0.4 is 15.5 Å². The number of nitrogens with one attached hydrogen (secondary N) is 2. The van der Waals surface area contributed by atoms with Gasteiger partial charge in [0.1, 0.15) is 0 Å². The zero-order chi connectivity index (χ0) is 16.4. The van der Waals surface area contributed by atoms with Gasteiger partial charge in [-0.2, -0.15) is 0 Å². The molecular weight excluding hydrogens is 373 g/mol. The van der Waals surface area contributed by atoms with E-state index in [9.17, 15) is 4.79 Å². The van der Waals surface area contributed by atoms with Crippen LogP contribution in [0, 0.1) is 5.92 Å². The van der Waals surface area contributed by atoms with Crippen molar-refractivity contribution in [1.29, 1.82) is 0 Å². The van der Waals surface area contributed by atoms with Gasteiger partial charge in [-0.3, -0.25) is 4.79 Å². The minimum absolute atomic E-state index is 0. The number of halogens is 2. The van der Waals surface area contributed by atoms with Crippen LogP contribution in [0.1, 0.15) is 44.9 Å². The molecular formula is C18H29Cl2N5O. The molecule has 4 rings (SSSR count). The molecule has 3 saturated heterocycles. The number of hydrogen-bond donors (Lipinski definition) is 2. The number of piperidine rings is 2. The number of carbonyl (C=O) groups excluding carboxylic acids is 1. The van der Waals surface area contributed by atoms with Gasteiger partial charge in [0, 0.05) is 50.0 Å². The van der Waals surface area contributed by atoms with Gasteiger partial charge in [0.2, 0.25) is 11.9 Å². The van der Waals surface area contributed by atoms with Crippen LogP contribution >= 0.6 is 24.8 Å². The van der Waals surface area contributed by atoms with Gasteiger partial charge in [-0.25, -0.2) is 9.97 Å². The second kappa shape index (κ2) is 9.72. The zero-order valence-corrected chi connectivity index (χ0v) is 16.6. The standard InChI is InChI=1S/C18H27N5O.2ClH/c24-17(11-13-9-14-4-5-15(10-13)21-14)22-16-3-1-8-23(12-16)18-19-6-2-7-20-18;;/h2,6-7,13-16,21H,1,3-5,8-12H2,(H,22,24);2*1H. The van der Waals surface area contributed by atoms with E-state index in [0.717, 1.165) is 31.9 Å². The molecule has 4 heterocycles. The third-order valence-corrected chi connectivity index (χ3v) is 5.67. The first-order chi connectivity index (χ1) is 11.8. The van der Waals surface area contributed by atoms with Crippen LogP contribution in [-0.4, -0.2) is 47.1 Å². The molecule has 2 bridgehead atoms. The molecule has 26 heavy (non-hydrogen) atoms. The molecule has 8 heteroatoms. The van der Waals surface area contributed by atoms with E-state index in [1.54, 1.807) is 12.4 Å². The molecule has 2 N–H and O–H groups in total. The molecule has 1 amide bonds. The molecule has 0 aliphatic carbocycles. The fourth-order valence-electron chi connectivity index (χ4n) is 4.62. The summed E-state index contributed by atoms with van der Waals surface area (Å²) >= 11 is 0. The average molecular weight is 402 g/mol. The van der Waals surface area contributed by atoms with Gasteiger partial charge in [-0.1, -0.05) is 0 Å². The number of carbonyl (C=O) groups is 1. The molecule has 3 aliphatic rings. The smallest absolute Gasteiger partial charge is 0.225 e. The Morgan fingerprint density at radius 3 is 2.54 bits per heavy atom. The Balaban J connectivity index is 0.00000121. The average Bonchev–Trinajstić information content (AvgIpc) is 2.94. The Morgan fingerprint density at radius 2 is 1.85 bits per heavy atom. The first-order valence-corrected chi connectivity index (χ1v) is 9.33. The van der Waals surface area contributed by atoms with Gasteiger partial charge < -0.3 is 15.5 Å². The van der Waals surface area contributed by atoms with E-state index in [2.05, 4.69) is 25.5 Å². The summed E-state index contributed by atoms with van der Waals surface area (Å²) in [6.45, 7) is 1.78. The lowest BCUT2D eigenvalue weighted by Gasteiger charge is -2.34. The first kappa shape index (κ1) is 21.2. The lowest BCUT2D eigenvalue weighted by molar-refractivity contribution is -0.123. The van der Waals surface area contributed by atoms with Crippen LogP contribution in [0.5, 0.6) is 0 Å². The van der Waals surface area contributed by atoms with Crippen molar-refractivity contribution >= 4 is 36.7 Å². The van der Waals surface area contributed by atoms with Crippen molar-refractivity contribution in [3.63, 3.8) is 0 Å². The highest BCUT2D eigenvalue weighted by Gasteiger charge is 2.34. The lowest BCUT2D eigenvalue weighted by atomic mass is 9.89. The van der Waals surface area contributed by atoms with Crippen molar-refractivity contribution < 1.29 is 4.79 Å². The summed E-state index contributed by atoms with van der Waals surface area (Å²) < 4.78 is 0. The number of nitrogens with zero attached hydrogens (tertiary/aromatic N) is 3. The zero-order valence-electron chi connectivity index (χ0n) is 15.0. The van der Waals surface area contributed by atoms with Crippen LogP contribution in [0.2, 0.25) is 0 Å². The Morgan fingerprint density at radius 1 is 1.15 bits per heavy atom. The van der Waals surface area contributed by atoms with Crippen molar-refractivity contribution in [2.75, 3.05) is 18.0 Å². The van der Waals surface area contributed by atoms with Crippen molar-refractivity contribution in [2.24, 2.45) is 5.92 Å². The van der Waals surface area contributed by atoms with Crippen LogP contribution in [0.25, 0.3) is 0 Å². The molecule has 6 nitrogen and oxygen atoms in total. The summed E-state index contributed by atoms with van der Waals surface area (Å²) in [6, 6.07) is 3.36. The van der Waals surface area contributed by atoms with Crippen molar-refractivity contribution in [3.05, 3.63) is 18.5 Å². The maximum atomic E-state index is 12.5. The van der Waals surface area contributed by atoms with E-state index in [0.29, 0.717) is 24.4 Å². The fraction of sp³-hybridized carbons (Fsp3) is 0.722. The summed E-state index contributed by atoms with van der Waals surface area (Å²) in [7, 11) is 0. The largest absolute Gasteiger partial charge is 0.352 e. The third kappa shape index (κ3) is 5.21. The van der Waals surface area contributed by atoms with Gasteiger partial charge in [0.15, 0.2) is 0 Å². The van der Waals surface area contributed by atoms with E-state index in [1.165, 1.54) is 25.7 Å². The van der Waals surface area contributed by atoms with Crippen molar-refractivity contribution in [1.82, 2.24) is 20.6 Å². The highest BCUT2D eigenvalue weighted by molar-refractivity contribution is 5.85. The van der Waals surface area contributed by atoms with Crippen LogP contribution in [0.4, 0.5) is 5.95 Å². The predicted octanol–water partition coefficient (Wildman–Crippen LogP) is 2.33. The molecule has 1 aromatic rings. The van der Waals surface area contributed by atoms with E-state index in [-0.39, 0.29) is 36.8 Å². The van der Waals surface area contributed by atoms with Crippen LogP contribution in [0.3, 0.4) is 0 Å². The molecule has 0 radical (unpaired) electrons. The van der Waals surface area contributed by atoms with Gasteiger partial charge >= 0.3 is 0 Å². The van der Waals surface area contributed by atoms with Crippen molar-refractivity contribution in [3.8, 4) is 0 Å². The highest BCUT2D eigenvalue weighted by atomic mass is 35.5. The fourth-order valence-corrected chi connectivity index (χ4v) is 4.62. The van der Waals surface area contributed by atoms with Gasteiger partial charge in [-0.15, -0.1) is 24.8 Å². The summed E-state index contributed by atoms with van der Waals surface area (Å²) in [4.78, 5) is 23.3. The summed E-state index contributed by atoms with van der Waals surface area (Å²) in [5.41, 5.74) is 0. The SMILES string of the molecule is Cl.Cl.O=C(CC1CC2CCC(C1)N2)NC1CCCN(c2ncccn2)C1. The number of anilines is 1. The number of rotatable bonds is 4. The van der Waals surface area contributed by atoms with Crippen LogP contribution in [0.15, 0.2) is 18.5 Å². The second-order valence-corrected chi connectivity index (χ2v) is 7.58. The second-order valence-electron chi connectivity index (χ2n) is 7.58. The minimum atomic E-state index is 0. The van der Waals surface area contributed by atoms with E-state index >= 15 is 0 Å². The normalized spacial score (nSPS) is 30.1. The monoisotopic (exact) mass is 401 g/mol. The number of amides is 1. The molecule has 0 saturated carbocycles. The minimum Gasteiger partial charge on any atom is -0.352 e. The Labute approximate surface area is 167 Å². The maximum Gasteiger partial charge on any atom is 0.225 e. The van der Waals surface area contributed by atoms with E-state index in [4.69, 9.17) is 0 Å². The third-order valence-electron chi connectivity index (χ3n) is 5.67. The summed E-state index contributed by atoms with van der Waals surface area (Å²) in [5.74, 6) is 1.55. The molecule has 3 atom stereocenters. The molecule has 146 valence electrons. The molecule has 1 aromatic heterocycles. The van der Waals surface area contributed by atoms with E-state index in [1.807, 2.05) is 6.07 Å². The maximum absolute atomic E-state index is 12.5. The summed E-state index contributed by atoms with van der Waals surface area (Å²) in [6.07, 6.45) is 11.3. The molecule has 3 aliphatic heterocycles. The number of hydrogen-bond acceptors (Lipinski definition) is 5. The Bertz CT molecular complexity index is 564. The summed E-state index contributed by atoms with van der Waals surface area (Å²) in [5, 5.41) is 6.91. The van der Waals surface area contributed by atoms with Crippen LogP contribution in [-0.2, 0) is 4.79 Å². The molecule has 3 unspecified atom stereocenters. The van der Waals surface area contributed by atoms with Crippen molar-refractivity contribution in [2.45, 2.75) is 63.1 Å². The highest BCUT2D eigenvalue weighted by Crippen LogP contribution is 2.32. The first-order valence-electron chi connectivity index (χ1n) is 9.33. The topological polar surface area (TPSA) is 70.2 Å². The quantitative estimate of drug-likeness (QED) is 0.809. The van der Waals surface area contributed by atoms with Gasteiger partial charge in [-0.05, 0) is 50.5 Å².